The van der Waals surface area contributed by atoms with E-state index in [4.69, 9.17) is 17.3 Å². The Balaban J connectivity index is 3.45. The molecule has 1 rings (SSSR count). The molecule has 0 bridgehead atoms. The molecule has 0 amide bonds. The molecule has 0 spiro atoms. The number of nitrogen functional groups attached to an aromatic ring is 1. The number of hydrogen-bond donors (Lipinski definition) is 1. The van der Waals surface area contributed by atoms with E-state index in [1.165, 1.54) is 12.1 Å². The van der Waals surface area contributed by atoms with Crippen molar-refractivity contribution in [3.05, 3.63) is 35.6 Å². The molecule has 19 heavy (non-hydrogen) atoms. The van der Waals surface area contributed by atoms with Crippen molar-refractivity contribution in [3.63, 3.8) is 0 Å². The van der Waals surface area contributed by atoms with E-state index >= 15 is 0 Å². The zero-order chi connectivity index (χ0) is 14.8. The van der Waals surface area contributed by atoms with Crippen LogP contribution < -0.4 is 5.73 Å². The van der Waals surface area contributed by atoms with Crippen LogP contribution in [0.2, 0.25) is 5.02 Å². The first kappa shape index (κ1) is 15.9. The summed E-state index contributed by atoms with van der Waals surface area (Å²) in [4.78, 5) is -0.520. The van der Waals surface area contributed by atoms with Gasteiger partial charge < -0.3 is 5.73 Å². The van der Waals surface area contributed by atoms with Crippen LogP contribution in [0, 0.1) is 5.82 Å². The Morgan fingerprint density at radius 1 is 1.53 bits per heavy atom. The molecule has 0 aliphatic carbocycles. The minimum absolute atomic E-state index is 0.0753. The standard InChI is InChI=1S/C12H16ClFN2O2S/c1-4-5-16(8(2)3)19(17,18)11-7-9(15)6-10(13)12(11)14/h4,6-8H,1,5,15H2,2-3H3. The van der Waals surface area contributed by atoms with Gasteiger partial charge in [0.25, 0.3) is 0 Å². The predicted octanol–water partition coefficient (Wildman–Crippen LogP) is 2.65. The van der Waals surface area contributed by atoms with Gasteiger partial charge in [-0.05, 0) is 26.0 Å². The normalized spacial score (nSPS) is 12.1. The molecular formula is C12H16ClFN2O2S. The molecule has 4 nitrogen and oxygen atoms in total. The SMILES string of the molecule is C=CCN(C(C)C)S(=O)(=O)c1cc(N)cc(Cl)c1F. The molecule has 0 saturated carbocycles. The number of hydrogen-bond acceptors (Lipinski definition) is 3. The Labute approximate surface area is 117 Å². The molecule has 1 aromatic carbocycles. The quantitative estimate of drug-likeness (QED) is 0.672. The van der Waals surface area contributed by atoms with Crippen LogP contribution in [0.3, 0.4) is 0 Å². The van der Waals surface area contributed by atoms with Gasteiger partial charge in [0.05, 0.1) is 5.02 Å². The van der Waals surface area contributed by atoms with Crippen LogP contribution in [0.5, 0.6) is 0 Å². The average molecular weight is 307 g/mol. The number of nitrogens with two attached hydrogens (primary N) is 1. The highest BCUT2D eigenvalue weighted by molar-refractivity contribution is 7.89. The van der Waals surface area contributed by atoms with Gasteiger partial charge in [-0.1, -0.05) is 17.7 Å². The second kappa shape index (κ2) is 5.90. The number of nitrogens with zero attached hydrogens (tertiary/aromatic N) is 1. The predicted molar refractivity (Wildman–Crippen MR) is 75.0 cm³/mol. The topological polar surface area (TPSA) is 63.4 Å². The van der Waals surface area contributed by atoms with E-state index in [1.54, 1.807) is 13.8 Å². The van der Waals surface area contributed by atoms with Crippen LogP contribution in [0.1, 0.15) is 13.8 Å². The van der Waals surface area contributed by atoms with Gasteiger partial charge in [-0.2, -0.15) is 4.31 Å². The van der Waals surface area contributed by atoms with Gasteiger partial charge in [-0.3, -0.25) is 0 Å². The summed E-state index contributed by atoms with van der Waals surface area (Å²) in [7, 11) is -4.02. The first-order chi connectivity index (χ1) is 8.71. The third-order valence-electron chi connectivity index (χ3n) is 2.49. The van der Waals surface area contributed by atoms with Crippen molar-refractivity contribution in [2.24, 2.45) is 0 Å². The lowest BCUT2D eigenvalue weighted by Gasteiger charge is -2.25. The molecule has 0 unspecified atom stereocenters. The number of halogens is 2. The van der Waals surface area contributed by atoms with Gasteiger partial charge in [-0.25, -0.2) is 12.8 Å². The Bertz CT molecular complexity index is 588. The molecule has 2 N–H and O–H groups in total. The van der Waals surface area contributed by atoms with Crippen molar-refractivity contribution in [1.82, 2.24) is 4.31 Å². The highest BCUT2D eigenvalue weighted by atomic mass is 35.5. The molecule has 106 valence electrons. The first-order valence-electron chi connectivity index (χ1n) is 5.59. The van der Waals surface area contributed by atoms with Crippen molar-refractivity contribution >= 4 is 27.3 Å². The molecule has 0 aromatic heterocycles. The number of anilines is 1. The van der Waals surface area contributed by atoms with E-state index < -0.39 is 20.7 Å². The van der Waals surface area contributed by atoms with Gasteiger partial charge >= 0.3 is 0 Å². The fourth-order valence-electron chi connectivity index (χ4n) is 1.61. The minimum atomic E-state index is -4.02. The summed E-state index contributed by atoms with van der Waals surface area (Å²) in [6.07, 6.45) is 1.43. The van der Waals surface area contributed by atoms with Gasteiger partial charge in [0.15, 0.2) is 5.82 Å². The summed E-state index contributed by atoms with van der Waals surface area (Å²) < 4.78 is 39.9. The van der Waals surface area contributed by atoms with Crippen LogP contribution in [0.25, 0.3) is 0 Å². The summed E-state index contributed by atoms with van der Waals surface area (Å²) in [6.45, 7) is 6.95. The lowest BCUT2D eigenvalue weighted by atomic mass is 10.3. The van der Waals surface area contributed by atoms with Crippen LogP contribution in [-0.2, 0) is 10.0 Å². The number of rotatable bonds is 5. The maximum atomic E-state index is 13.9. The van der Waals surface area contributed by atoms with Crippen LogP contribution in [-0.4, -0.2) is 25.3 Å². The summed E-state index contributed by atoms with van der Waals surface area (Å²) in [5, 5.41) is -0.319. The molecule has 0 fully saturated rings. The fraction of sp³-hybridized carbons (Fsp3) is 0.333. The van der Waals surface area contributed by atoms with Gasteiger partial charge in [0.1, 0.15) is 4.90 Å². The second-order valence-corrected chi connectivity index (χ2v) is 6.54. The third-order valence-corrected chi connectivity index (χ3v) is 4.80. The minimum Gasteiger partial charge on any atom is -0.399 e. The Morgan fingerprint density at radius 3 is 2.58 bits per heavy atom. The maximum absolute atomic E-state index is 13.9. The zero-order valence-corrected chi connectivity index (χ0v) is 12.3. The van der Waals surface area contributed by atoms with Crippen LogP contribution in [0.15, 0.2) is 29.7 Å². The molecule has 0 saturated heterocycles. The molecule has 0 radical (unpaired) electrons. The van der Waals surface area contributed by atoms with Gasteiger partial charge in [0, 0.05) is 18.3 Å². The summed E-state index contributed by atoms with van der Waals surface area (Å²) in [5.41, 5.74) is 5.61. The molecular weight excluding hydrogens is 291 g/mol. The molecule has 0 aliphatic heterocycles. The van der Waals surface area contributed by atoms with E-state index in [0.717, 1.165) is 10.4 Å². The van der Waals surface area contributed by atoms with E-state index in [0.29, 0.717) is 0 Å². The van der Waals surface area contributed by atoms with Crippen molar-refractivity contribution in [2.45, 2.75) is 24.8 Å². The zero-order valence-electron chi connectivity index (χ0n) is 10.7. The second-order valence-electron chi connectivity index (χ2n) is 4.27. The van der Waals surface area contributed by atoms with Crippen LogP contribution in [0.4, 0.5) is 10.1 Å². The Kier molecular flexibility index (Phi) is 4.95. The fourth-order valence-corrected chi connectivity index (χ4v) is 3.63. The first-order valence-corrected chi connectivity index (χ1v) is 7.41. The molecule has 0 heterocycles. The Hall–Kier alpha value is -1.11. The largest absolute Gasteiger partial charge is 0.399 e. The van der Waals surface area contributed by atoms with Gasteiger partial charge in [-0.15, -0.1) is 6.58 Å². The lowest BCUT2D eigenvalue weighted by molar-refractivity contribution is 0.380. The monoisotopic (exact) mass is 306 g/mol. The average Bonchev–Trinajstić information content (AvgIpc) is 2.29. The highest BCUT2D eigenvalue weighted by Crippen LogP contribution is 2.28. The van der Waals surface area contributed by atoms with E-state index in [-0.39, 0.29) is 23.3 Å². The van der Waals surface area contributed by atoms with Crippen LogP contribution >= 0.6 is 11.6 Å². The molecule has 1 aromatic rings. The highest BCUT2D eigenvalue weighted by Gasteiger charge is 2.30. The number of benzene rings is 1. The molecule has 0 aliphatic rings. The van der Waals surface area contributed by atoms with E-state index in [2.05, 4.69) is 6.58 Å². The van der Waals surface area contributed by atoms with Gasteiger partial charge in [0.2, 0.25) is 10.0 Å². The Morgan fingerprint density at radius 2 is 2.11 bits per heavy atom. The summed E-state index contributed by atoms with van der Waals surface area (Å²) in [6, 6.07) is 1.89. The third kappa shape index (κ3) is 3.26. The molecule has 0 atom stereocenters. The van der Waals surface area contributed by atoms with Crippen molar-refractivity contribution in [1.29, 1.82) is 0 Å². The van der Waals surface area contributed by atoms with E-state index in [1.807, 2.05) is 0 Å². The van der Waals surface area contributed by atoms with Crippen molar-refractivity contribution < 1.29 is 12.8 Å². The number of sulfonamides is 1. The lowest BCUT2D eigenvalue weighted by Crippen LogP contribution is -2.37. The summed E-state index contributed by atoms with van der Waals surface area (Å²) in [5.74, 6) is -0.995. The van der Waals surface area contributed by atoms with Crippen molar-refractivity contribution in [2.75, 3.05) is 12.3 Å². The molecule has 7 heteroatoms. The smallest absolute Gasteiger partial charge is 0.246 e. The summed E-state index contributed by atoms with van der Waals surface area (Å²) >= 11 is 5.63. The van der Waals surface area contributed by atoms with E-state index in [9.17, 15) is 12.8 Å². The maximum Gasteiger partial charge on any atom is 0.246 e. The van der Waals surface area contributed by atoms with Crippen molar-refractivity contribution in [3.8, 4) is 0 Å².